The predicted molar refractivity (Wildman–Crippen MR) is 89.8 cm³/mol. The second-order valence-corrected chi connectivity index (χ2v) is 7.61. The molecule has 1 heterocycles. The fourth-order valence-corrected chi connectivity index (χ4v) is 4.00. The van der Waals surface area contributed by atoms with E-state index in [1.165, 1.54) is 19.1 Å². The number of ether oxygens (including phenoxy) is 2. The van der Waals surface area contributed by atoms with E-state index >= 15 is 0 Å². The van der Waals surface area contributed by atoms with E-state index in [4.69, 9.17) is 21.1 Å². The fraction of sp³-hybridized carbons (Fsp3) is 0.188. The number of sulfonamides is 1. The zero-order valence-electron chi connectivity index (χ0n) is 13.6. The molecular weight excluding hydrogens is 411 g/mol. The van der Waals surface area contributed by atoms with Crippen LogP contribution in [0.2, 0.25) is 5.02 Å². The van der Waals surface area contributed by atoms with E-state index in [2.05, 4.69) is 4.72 Å². The molecule has 0 unspecified atom stereocenters. The van der Waals surface area contributed by atoms with Crippen LogP contribution < -0.4 is 14.2 Å². The minimum atomic E-state index is -4.75. The molecule has 6 nitrogen and oxygen atoms in total. The lowest BCUT2D eigenvalue weighted by Gasteiger charge is -2.14. The minimum Gasteiger partial charge on any atom is -0.454 e. The Labute approximate surface area is 156 Å². The number of rotatable bonds is 4. The third-order valence-corrected chi connectivity index (χ3v) is 5.53. The van der Waals surface area contributed by atoms with Crippen molar-refractivity contribution in [3.63, 3.8) is 0 Å². The van der Waals surface area contributed by atoms with Crippen LogP contribution in [0.4, 0.5) is 18.9 Å². The molecule has 144 valence electrons. The van der Waals surface area contributed by atoms with E-state index in [-0.39, 0.29) is 29.5 Å². The summed E-state index contributed by atoms with van der Waals surface area (Å²) in [6.07, 6.45) is -4.75. The summed E-state index contributed by atoms with van der Waals surface area (Å²) in [7, 11) is -4.53. The predicted octanol–water partition coefficient (Wildman–Crippen LogP) is 4.09. The Morgan fingerprint density at radius 2 is 1.78 bits per heavy atom. The van der Waals surface area contributed by atoms with E-state index in [0.29, 0.717) is 12.1 Å². The first-order chi connectivity index (χ1) is 12.5. The zero-order chi connectivity index (χ0) is 20.0. The number of hydrogen-bond donors (Lipinski definition) is 1. The number of carbonyl (C=O) groups excluding carboxylic acids is 1. The average Bonchev–Trinajstić information content (AvgIpc) is 2.99. The van der Waals surface area contributed by atoms with Gasteiger partial charge in [-0.1, -0.05) is 11.6 Å². The van der Waals surface area contributed by atoms with Crippen LogP contribution in [-0.2, 0) is 16.2 Å². The summed E-state index contributed by atoms with van der Waals surface area (Å²) in [5.41, 5.74) is -1.38. The first-order valence-corrected chi connectivity index (χ1v) is 9.19. The normalized spacial score (nSPS) is 13.5. The van der Waals surface area contributed by atoms with Crippen LogP contribution in [0.3, 0.4) is 0 Å². The van der Waals surface area contributed by atoms with Crippen LogP contribution in [0.15, 0.2) is 35.2 Å². The van der Waals surface area contributed by atoms with Crippen molar-refractivity contribution in [1.82, 2.24) is 0 Å². The van der Waals surface area contributed by atoms with Gasteiger partial charge in [-0.3, -0.25) is 9.52 Å². The third kappa shape index (κ3) is 3.81. The second-order valence-electron chi connectivity index (χ2n) is 5.56. The standard InChI is InChI=1S/C16H11ClF3NO5S/c1-8(22)10-5-13-14(26-7-25-13)6-12(10)21-27(23,24)15-4-9(16(18,19)20)2-3-11(15)17/h2-6,21H,7H2,1H3. The van der Waals surface area contributed by atoms with Crippen molar-refractivity contribution in [2.45, 2.75) is 18.0 Å². The van der Waals surface area contributed by atoms with Crippen LogP contribution in [0.25, 0.3) is 0 Å². The highest BCUT2D eigenvalue weighted by Crippen LogP contribution is 2.39. The number of anilines is 1. The molecule has 27 heavy (non-hydrogen) atoms. The maximum absolute atomic E-state index is 12.9. The molecule has 0 aliphatic carbocycles. The Kier molecular flexibility index (Phi) is 4.73. The number of hydrogen-bond acceptors (Lipinski definition) is 5. The SMILES string of the molecule is CC(=O)c1cc2c(cc1NS(=O)(=O)c1cc(C(F)(F)F)ccc1Cl)OCO2. The van der Waals surface area contributed by atoms with E-state index in [9.17, 15) is 26.4 Å². The van der Waals surface area contributed by atoms with E-state index in [0.717, 1.165) is 6.07 Å². The highest BCUT2D eigenvalue weighted by molar-refractivity contribution is 7.92. The molecule has 0 fully saturated rings. The van der Waals surface area contributed by atoms with Gasteiger partial charge in [0.05, 0.1) is 16.3 Å². The van der Waals surface area contributed by atoms with Gasteiger partial charge >= 0.3 is 6.18 Å². The molecule has 0 atom stereocenters. The van der Waals surface area contributed by atoms with Crippen molar-refractivity contribution in [2.75, 3.05) is 11.5 Å². The zero-order valence-corrected chi connectivity index (χ0v) is 15.1. The maximum atomic E-state index is 12.9. The van der Waals surface area contributed by atoms with Crippen LogP contribution in [-0.4, -0.2) is 21.0 Å². The number of benzene rings is 2. The number of carbonyl (C=O) groups is 1. The first kappa shape index (κ1) is 19.3. The lowest BCUT2D eigenvalue weighted by atomic mass is 10.1. The summed E-state index contributed by atoms with van der Waals surface area (Å²) in [6.45, 7) is 1.09. The molecule has 1 aliphatic heterocycles. The average molecular weight is 422 g/mol. The van der Waals surface area contributed by atoms with Gasteiger partial charge in [-0.25, -0.2) is 8.42 Å². The lowest BCUT2D eigenvalue weighted by Crippen LogP contribution is -2.17. The highest BCUT2D eigenvalue weighted by Gasteiger charge is 2.33. The number of halogens is 4. The molecule has 0 aromatic heterocycles. The number of nitrogens with one attached hydrogen (secondary N) is 1. The highest BCUT2D eigenvalue weighted by atomic mass is 35.5. The molecule has 0 amide bonds. The molecule has 1 N–H and O–H groups in total. The summed E-state index contributed by atoms with van der Waals surface area (Å²) in [4.78, 5) is 11.1. The summed E-state index contributed by atoms with van der Waals surface area (Å²) < 4.78 is 76.3. The van der Waals surface area contributed by atoms with Gasteiger partial charge in [0.15, 0.2) is 17.3 Å². The Balaban J connectivity index is 2.07. The Morgan fingerprint density at radius 1 is 1.15 bits per heavy atom. The van der Waals surface area contributed by atoms with Gasteiger partial charge in [-0.15, -0.1) is 0 Å². The smallest absolute Gasteiger partial charge is 0.416 e. The maximum Gasteiger partial charge on any atom is 0.416 e. The Morgan fingerprint density at radius 3 is 2.37 bits per heavy atom. The monoisotopic (exact) mass is 421 g/mol. The summed E-state index contributed by atoms with van der Waals surface area (Å²) in [6, 6.07) is 4.44. The van der Waals surface area contributed by atoms with Crippen molar-refractivity contribution >= 4 is 33.1 Å². The van der Waals surface area contributed by atoms with Gasteiger partial charge in [0.25, 0.3) is 10.0 Å². The summed E-state index contributed by atoms with van der Waals surface area (Å²) in [5, 5.41) is -0.402. The molecule has 1 aliphatic rings. The van der Waals surface area contributed by atoms with Crippen molar-refractivity contribution in [3.05, 3.63) is 46.5 Å². The fourth-order valence-electron chi connectivity index (χ4n) is 2.40. The van der Waals surface area contributed by atoms with Crippen molar-refractivity contribution in [3.8, 4) is 11.5 Å². The molecule has 11 heteroatoms. The molecule has 0 radical (unpaired) electrons. The van der Waals surface area contributed by atoms with Gasteiger partial charge in [0.1, 0.15) is 4.90 Å². The molecule has 2 aromatic carbocycles. The van der Waals surface area contributed by atoms with Crippen LogP contribution in [0, 0.1) is 0 Å². The number of fused-ring (bicyclic) bond motifs is 1. The molecule has 0 saturated carbocycles. The van der Waals surface area contributed by atoms with Gasteiger partial charge in [-0.2, -0.15) is 13.2 Å². The van der Waals surface area contributed by atoms with Gasteiger partial charge in [0, 0.05) is 11.6 Å². The molecule has 2 aromatic rings. The Bertz CT molecular complexity index is 1040. The van der Waals surface area contributed by atoms with Gasteiger partial charge in [0.2, 0.25) is 6.79 Å². The third-order valence-electron chi connectivity index (χ3n) is 3.68. The second kappa shape index (κ2) is 6.61. The van der Waals surface area contributed by atoms with Crippen LogP contribution in [0.5, 0.6) is 11.5 Å². The van der Waals surface area contributed by atoms with E-state index in [1.807, 2.05) is 0 Å². The first-order valence-electron chi connectivity index (χ1n) is 7.33. The molecule has 0 bridgehead atoms. The van der Waals surface area contributed by atoms with E-state index < -0.39 is 37.5 Å². The molecule has 3 rings (SSSR count). The quantitative estimate of drug-likeness (QED) is 0.752. The van der Waals surface area contributed by atoms with Crippen molar-refractivity contribution < 1.29 is 35.9 Å². The topological polar surface area (TPSA) is 81.7 Å². The van der Waals surface area contributed by atoms with Crippen LogP contribution in [0.1, 0.15) is 22.8 Å². The minimum absolute atomic E-state index is 0.0362. The van der Waals surface area contributed by atoms with Crippen molar-refractivity contribution in [1.29, 1.82) is 0 Å². The van der Waals surface area contributed by atoms with Crippen molar-refractivity contribution in [2.24, 2.45) is 0 Å². The molecule has 0 saturated heterocycles. The number of alkyl halides is 3. The lowest BCUT2D eigenvalue weighted by molar-refractivity contribution is -0.137. The van der Waals surface area contributed by atoms with Gasteiger partial charge < -0.3 is 9.47 Å². The largest absolute Gasteiger partial charge is 0.454 e. The number of Topliss-reactive ketones (excluding diaryl/α,β-unsaturated/α-hetero) is 1. The van der Waals surface area contributed by atoms with E-state index in [1.54, 1.807) is 0 Å². The number of ketones is 1. The summed E-state index contributed by atoms with van der Waals surface area (Å²) >= 11 is 5.80. The van der Waals surface area contributed by atoms with Crippen LogP contribution >= 0.6 is 11.6 Å². The van der Waals surface area contributed by atoms with Gasteiger partial charge in [-0.05, 0) is 31.2 Å². The Hall–Kier alpha value is -2.46. The molecule has 0 spiro atoms. The summed E-state index contributed by atoms with van der Waals surface area (Å²) in [5.74, 6) is -0.0470. The molecular formula is C16H11ClF3NO5S.